The highest BCUT2D eigenvalue weighted by Gasteiger charge is 2.23. The zero-order chi connectivity index (χ0) is 19.4. The van der Waals surface area contributed by atoms with E-state index in [1.54, 1.807) is 18.2 Å². The number of rotatable bonds is 6. The minimum Gasteiger partial charge on any atom is -0.508 e. The van der Waals surface area contributed by atoms with Crippen molar-refractivity contribution in [3.8, 4) is 5.75 Å². The molecular weight excluding hydrogens is 348 g/mol. The molecule has 0 saturated carbocycles. The van der Waals surface area contributed by atoms with Crippen molar-refractivity contribution in [2.45, 2.75) is 25.8 Å². The molecule has 1 heterocycles. The summed E-state index contributed by atoms with van der Waals surface area (Å²) in [6.45, 7) is 1.95. The van der Waals surface area contributed by atoms with Crippen LogP contribution in [0.3, 0.4) is 0 Å². The van der Waals surface area contributed by atoms with Crippen molar-refractivity contribution < 1.29 is 24.0 Å². The second-order valence-electron chi connectivity index (χ2n) is 6.32. The third kappa shape index (κ3) is 4.44. The molecule has 0 aliphatic heterocycles. The number of phenolic OH excluding ortho intramolecular Hbond substituents is 1. The van der Waals surface area contributed by atoms with Gasteiger partial charge in [0.05, 0.1) is 13.5 Å². The minimum absolute atomic E-state index is 0.0144. The van der Waals surface area contributed by atoms with Crippen molar-refractivity contribution in [2.24, 2.45) is 0 Å². The Hall–Kier alpha value is -3.35. The summed E-state index contributed by atoms with van der Waals surface area (Å²) in [6.07, 6.45) is 0.233. The predicted molar refractivity (Wildman–Crippen MR) is 98.2 cm³/mol. The first-order valence-corrected chi connectivity index (χ1v) is 8.46. The number of amides is 1. The van der Waals surface area contributed by atoms with Gasteiger partial charge in [-0.1, -0.05) is 28.9 Å². The van der Waals surface area contributed by atoms with E-state index in [4.69, 9.17) is 9.26 Å². The smallest absolute Gasteiger partial charge is 0.328 e. The number of fused-ring (bicyclic) bond motifs is 1. The summed E-state index contributed by atoms with van der Waals surface area (Å²) in [5.74, 6) is -0.774. The molecular formula is C20H20N2O5. The normalized spacial score (nSPS) is 11.9. The van der Waals surface area contributed by atoms with Gasteiger partial charge in [0.25, 0.3) is 0 Å². The van der Waals surface area contributed by atoms with Gasteiger partial charge >= 0.3 is 5.97 Å². The number of hydrogen-bond donors (Lipinski definition) is 2. The van der Waals surface area contributed by atoms with E-state index in [1.165, 1.54) is 19.2 Å². The van der Waals surface area contributed by atoms with Gasteiger partial charge in [-0.25, -0.2) is 4.79 Å². The topological polar surface area (TPSA) is 102 Å². The van der Waals surface area contributed by atoms with Crippen LogP contribution in [-0.2, 0) is 27.2 Å². The fourth-order valence-corrected chi connectivity index (χ4v) is 2.83. The summed E-state index contributed by atoms with van der Waals surface area (Å²) in [6, 6.07) is 11.2. The Balaban J connectivity index is 1.72. The lowest BCUT2D eigenvalue weighted by molar-refractivity contribution is -0.145. The van der Waals surface area contributed by atoms with E-state index in [-0.39, 0.29) is 24.5 Å². The number of carbonyl (C=O) groups excluding carboxylic acids is 2. The summed E-state index contributed by atoms with van der Waals surface area (Å²) in [5.41, 5.74) is 2.94. The van der Waals surface area contributed by atoms with Gasteiger partial charge in [0.15, 0.2) is 5.58 Å². The fraction of sp³-hybridized carbons (Fsp3) is 0.250. The number of ether oxygens (including phenoxy) is 1. The van der Waals surface area contributed by atoms with Crippen LogP contribution in [0.2, 0.25) is 0 Å². The first kappa shape index (κ1) is 18.4. The Bertz CT molecular complexity index is 962. The molecule has 2 aromatic carbocycles. The highest BCUT2D eigenvalue weighted by Crippen LogP contribution is 2.20. The maximum absolute atomic E-state index is 12.5. The molecule has 0 saturated heterocycles. The van der Waals surface area contributed by atoms with E-state index >= 15 is 0 Å². The van der Waals surface area contributed by atoms with Crippen molar-refractivity contribution in [1.82, 2.24) is 10.5 Å². The Morgan fingerprint density at radius 3 is 2.67 bits per heavy atom. The van der Waals surface area contributed by atoms with E-state index in [0.29, 0.717) is 11.3 Å². The van der Waals surface area contributed by atoms with Gasteiger partial charge in [-0.2, -0.15) is 0 Å². The largest absolute Gasteiger partial charge is 0.508 e. The van der Waals surface area contributed by atoms with Crippen LogP contribution in [0.4, 0.5) is 0 Å². The van der Waals surface area contributed by atoms with Crippen LogP contribution in [0.15, 0.2) is 47.0 Å². The molecule has 7 heteroatoms. The van der Waals surface area contributed by atoms with Gasteiger partial charge in [-0.15, -0.1) is 0 Å². The molecule has 7 nitrogen and oxygen atoms in total. The molecule has 0 spiro atoms. The lowest BCUT2D eigenvalue weighted by Gasteiger charge is -2.16. The predicted octanol–water partition coefficient (Wildman–Crippen LogP) is 2.28. The quantitative estimate of drug-likeness (QED) is 0.647. The zero-order valence-corrected chi connectivity index (χ0v) is 15.1. The van der Waals surface area contributed by atoms with Crippen LogP contribution in [0, 0.1) is 6.92 Å². The molecule has 27 heavy (non-hydrogen) atoms. The van der Waals surface area contributed by atoms with Gasteiger partial charge in [0, 0.05) is 11.8 Å². The minimum atomic E-state index is -0.841. The number of aryl methyl sites for hydroxylation is 1. The number of aromatic hydroxyl groups is 1. The van der Waals surface area contributed by atoms with Crippen LogP contribution in [0.25, 0.3) is 11.0 Å². The third-order valence-corrected chi connectivity index (χ3v) is 4.23. The van der Waals surface area contributed by atoms with Gasteiger partial charge in [0.2, 0.25) is 5.91 Å². The van der Waals surface area contributed by atoms with Gasteiger partial charge in [0.1, 0.15) is 17.5 Å². The summed E-state index contributed by atoms with van der Waals surface area (Å²) in [4.78, 5) is 24.5. The van der Waals surface area contributed by atoms with Crippen LogP contribution in [0.1, 0.15) is 16.8 Å². The maximum Gasteiger partial charge on any atom is 0.328 e. The number of benzene rings is 2. The molecule has 3 rings (SSSR count). The number of phenols is 1. The Labute approximate surface area is 155 Å². The SMILES string of the molecule is COC(=O)C(Cc1ccc(O)cc1)NC(=O)Cc1noc2ccc(C)cc12. The van der Waals surface area contributed by atoms with Crippen molar-refractivity contribution in [3.05, 3.63) is 59.3 Å². The van der Waals surface area contributed by atoms with Crippen LogP contribution in [0.5, 0.6) is 5.75 Å². The number of esters is 1. The molecule has 2 N–H and O–H groups in total. The standard InChI is InChI=1S/C20H20N2O5/c1-12-3-8-18-15(9-12)16(22-27-18)11-19(24)21-17(20(25)26-2)10-13-4-6-14(23)7-5-13/h3-9,17,23H,10-11H2,1-2H3,(H,21,24). The molecule has 140 valence electrons. The summed E-state index contributed by atoms with van der Waals surface area (Å²) >= 11 is 0. The van der Waals surface area contributed by atoms with Gasteiger partial charge in [-0.3, -0.25) is 4.79 Å². The lowest BCUT2D eigenvalue weighted by atomic mass is 10.1. The third-order valence-electron chi connectivity index (χ3n) is 4.23. The number of carbonyl (C=O) groups is 2. The number of methoxy groups -OCH3 is 1. The first-order chi connectivity index (χ1) is 13.0. The molecule has 0 bridgehead atoms. The summed E-state index contributed by atoms with van der Waals surface area (Å²) in [7, 11) is 1.27. The maximum atomic E-state index is 12.5. The van der Waals surface area contributed by atoms with Gasteiger partial charge < -0.3 is 19.7 Å². The Morgan fingerprint density at radius 1 is 1.22 bits per heavy atom. The first-order valence-electron chi connectivity index (χ1n) is 8.46. The highest BCUT2D eigenvalue weighted by molar-refractivity contribution is 5.89. The van der Waals surface area contributed by atoms with Crippen molar-refractivity contribution >= 4 is 22.8 Å². The summed E-state index contributed by atoms with van der Waals surface area (Å²) < 4.78 is 10.0. The average Bonchev–Trinajstić information content (AvgIpc) is 3.04. The fourth-order valence-electron chi connectivity index (χ4n) is 2.83. The number of nitrogens with one attached hydrogen (secondary N) is 1. The van der Waals surface area contributed by atoms with Crippen molar-refractivity contribution in [1.29, 1.82) is 0 Å². The van der Waals surface area contributed by atoms with Crippen molar-refractivity contribution in [3.63, 3.8) is 0 Å². The van der Waals surface area contributed by atoms with Crippen LogP contribution < -0.4 is 5.32 Å². The number of aromatic nitrogens is 1. The van der Waals surface area contributed by atoms with E-state index in [2.05, 4.69) is 10.5 Å². The molecule has 1 aromatic heterocycles. The van der Waals surface area contributed by atoms with Crippen LogP contribution >= 0.6 is 0 Å². The van der Waals surface area contributed by atoms with E-state index < -0.39 is 12.0 Å². The van der Waals surface area contributed by atoms with Gasteiger partial charge in [-0.05, 0) is 36.8 Å². The second kappa shape index (κ2) is 7.90. The second-order valence-corrected chi connectivity index (χ2v) is 6.32. The Kier molecular flexibility index (Phi) is 5.40. The van der Waals surface area contributed by atoms with Crippen molar-refractivity contribution in [2.75, 3.05) is 7.11 Å². The molecule has 0 fully saturated rings. The summed E-state index contributed by atoms with van der Waals surface area (Å²) in [5, 5.41) is 16.8. The number of hydrogen-bond acceptors (Lipinski definition) is 6. The number of nitrogens with zero attached hydrogens (tertiary/aromatic N) is 1. The molecule has 1 amide bonds. The highest BCUT2D eigenvalue weighted by atomic mass is 16.5. The monoisotopic (exact) mass is 368 g/mol. The van der Waals surface area contributed by atoms with E-state index in [1.807, 2.05) is 19.1 Å². The van der Waals surface area contributed by atoms with E-state index in [9.17, 15) is 14.7 Å². The zero-order valence-electron chi connectivity index (χ0n) is 15.1. The average molecular weight is 368 g/mol. The molecule has 0 radical (unpaired) electrons. The van der Waals surface area contributed by atoms with Crippen LogP contribution in [-0.4, -0.2) is 35.3 Å². The van der Waals surface area contributed by atoms with E-state index in [0.717, 1.165) is 16.5 Å². The molecule has 0 aliphatic rings. The molecule has 1 atom stereocenters. The molecule has 1 unspecified atom stereocenters. The Morgan fingerprint density at radius 2 is 1.96 bits per heavy atom. The molecule has 0 aliphatic carbocycles. The molecule has 3 aromatic rings. The lowest BCUT2D eigenvalue weighted by Crippen LogP contribution is -2.43.